The predicted molar refractivity (Wildman–Crippen MR) is 85.7 cm³/mol. The molecule has 1 N–H and O–H groups in total. The third kappa shape index (κ3) is 3.23. The molecule has 1 aliphatic heterocycles. The zero-order valence-electron chi connectivity index (χ0n) is 11.2. The van der Waals surface area contributed by atoms with Gasteiger partial charge in [0.25, 0.3) is 0 Å². The standard InChI is InChI=1S/C14H16Br2N2O2/c1-2-4-11-14(20)18(8-7-12(19)17-11)13-9(15)5-3-6-10(13)16/h3,5-6,11H,2,4,7-8H2,1H3,(H,17,19). The first-order valence-electron chi connectivity index (χ1n) is 6.59. The van der Waals surface area contributed by atoms with Crippen molar-refractivity contribution in [3.63, 3.8) is 0 Å². The molecular weight excluding hydrogens is 388 g/mol. The van der Waals surface area contributed by atoms with E-state index in [9.17, 15) is 9.59 Å². The van der Waals surface area contributed by atoms with Crippen molar-refractivity contribution in [2.75, 3.05) is 11.4 Å². The van der Waals surface area contributed by atoms with Crippen LogP contribution in [0.15, 0.2) is 27.1 Å². The second kappa shape index (κ2) is 6.72. The molecule has 1 aliphatic rings. The van der Waals surface area contributed by atoms with Crippen molar-refractivity contribution in [1.29, 1.82) is 0 Å². The van der Waals surface area contributed by atoms with E-state index >= 15 is 0 Å². The van der Waals surface area contributed by atoms with Gasteiger partial charge in [0, 0.05) is 21.9 Å². The van der Waals surface area contributed by atoms with E-state index in [4.69, 9.17) is 0 Å². The van der Waals surface area contributed by atoms with Crippen molar-refractivity contribution in [2.45, 2.75) is 32.2 Å². The zero-order chi connectivity index (χ0) is 14.7. The average Bonchev–Trinajstić information content (AvgIpc) is 2.52. The number of para-hydroxylation sites is 1. The molecule has 1 unspecified atom stereocenters. The van der Waals surface area contributed by atoms with E-state index in [1.165, 1.54) is 0 Å². The number of amides is 2. The minimum Gasteiger partial charge on any atom is -0.344 e. The largest absolute Gasteiger partial charge is 0.344 e. The Hall–Kier alpha value is -0.880. The number of anilines is 1. The number of carbonyl (C=O) groups is 2. The van der Waals surface area contributed by atoms with Crippen molar-refractivity contribution < 1.29 is 9.59 Å². The number of hydrogen-bond acceptors (Lipinski definition) is 2. The molecule has 2 amide bonds. The summed E-state index contributed by atoms with van der Waals surface area (Å²) in [7, 11) is 0. The van der Waals surface area contributed by atoms with Crippen LogP contribution in [-0.4, -0.2) is 24.4 Å². The molecule has 0 saturated carbocycles. The van der Waals surface area contributed by atoms with Crippen LogP contribution in [0, 0.1) is 0 Å². The molecule has 0 spiro atoms. The molecule has 4 nitrogen and oxygen atoms in total. The maximum absolute atomic E-state index is 12.7. The van der Waals surface area contributed by atoms with Gasteiger partial charge >= 0.3 is 0 Å². The molecule has 0 aromatic heterocycles. The van der Waals surface area contributed by atoms with Gasteiger partial charge in [-0.05, 0) is 50.4 Å². The molecule has 1 heterocycles. The molecule has 0 aliphatic carbocycles. The minimum absolute atomic E-state index is 0.0506. The van der Waals surface area contributed by atoms with E-state index in [2.05, 4.69) is 37.2 Å². The van der Waals surface area contributed by atoms with Crippen LogP contribution in [0.4, 0.5) is 5.69 Å². The van der Waals surface area contributed by atoms with E-state index in [-0.39, 0.29) is 11.8 Å². The molecule has 20 heavy (non-hydrogen) atoms. The van der Waals surface area contributed by atoms with Crippen LogP contribution in [0.25, 0.3) is 0 Å². The lowest BCUT2D eigenvalue weighted by Gasteiger charge is -2.26. The Morgan fingerprint density at radius 2 is 1.95 bits per heavy atom. The Bertz CT molecular complexity index is 514. The molecule has 1 aromatic rings. The van der Waals surface area contributed by atoms with Gasteiger partial charge in [-0.15, -0.1) is 0 Å². The third-order valence-electron chi connectivity index (χ3n) is 3.25. The van der Waals surface area contributed by atoms with Crippen molar-refractivity contribution in [3.05, 3.63) is 27.1 Å². The molecule has 0 radical (unpaired) electrons. The maximum Gasteiger partial charge on any atom is 0.249 e. The number of nitrogens with zero attached hydrogens (tertiary/aromatic N) is 1. The first-order chi connectivity index (χ1) is 9.54. The Morgan fingerprint density at radius 3 is 2.55 bits per heavy atom. The van der Waals surface area contributed by atoms with Crippen LogP contribution in [-0.2, 0) is 9.59 Å². The van der Waals surface area contributed by atoms with E-state index in [1.807, 2.05) is 25.1 Å². The minimum atomic E-state index is -0.436. The summed E-state index contributed by atoms with van der Waals surface area (Å²) < 4.78 is 1.68. The topological polar surface area (TPSA) is 49.4 Å². The molecule has 1 atom stereocenters. The van der Waals surface area contributed by atoms with Crippen LogP contribution in [0.3, 0.4) is 0 Å². The smallest absolute Gasteiger partial charge is 0.249 e. The summed E-state index contributed by atoms with van der Waals surface area (Å²) in [5.74, 6) is -0.118. The molecule has 1 fully saturated rings. The summed E-state index contributed by atoms with van der Waals surface area (Å²) in [5, 5.41) is 2.81. The van der Waals surface area contributed by atoms with Crippen molar-refractivity contribution in [3.8, 4) is 0 Å². The second-order valence-corrected chi connectivity index (χ2v) is 6.43. The van der Waals surface area contributed by atoms with Gasteiger partial charge in [0.05, 0.1) is 5.69 Å². The Balaban J connectivity index is 2.38. The Kier molecular flexibility index (Phi) is 5.21. The molecule has 1 saturated heterocycles. The summed E-state index contributed by atoms with van der Waals surface area (Å²) in [6.45, 7) is 2.40. The van der Waals surface area contributed by atoms with E-state index < -0.39 is 6.04 Å². The lowest BCUT2D eigenvalue weighted by Crippen LogP contribution is -2.44. The van der Waals surface area contributed by atoms with Crippen LogP contribution in [0.5, 0.6) is 0 Å². The molecule has 2 rings (SSSR count). The lowest BCUT2D eigenvalue weighted by molar-refractivity contribution is -0.125. The fourth-order valence-corrected chi connectivity index (χ4v) is 3.72. The Labute approximate surface area is 135 Å². The third-order valence-corrected chi connectivity index (χ3v) is 4.53. The highest BCUT2D eigenvalue weighted by atomic mass is 79.9. The van der Waals surface area contributed by atoms with Gasteiger partial charge in [-0.25, -0.2) is 0 Å². The summed E-state index contributed by atoms with van der Waals surface area (Å²) in [6.07, 6.45) is 1.82. The number of nitrogens with one attached hydrogen (secondary N) is 1. The lowest BCUT2D eigenvalue weighted by atomic mass is 10.1. The molecule has 0 bridgehead atoms. The van der Waals surface area contributed by atoms with Gasteiger partial charge in [-0.3, -0.25) is 9.59 Å². The molecule has 1 aromatic carbocycles. The van der Waals surface area contributed by atoms with Crippen molar-refractivity contribution in [1.82, 2.24) is 5.32 Å². The normalized spacial score (nSPS) is 19.8. The number of carbonyl (C=O) groups excluding carboxylic acids is 2. The van der Waals surface area contributed by atoms with Crippen LogP contribution in [0.1, 0.15) is 26.2 Å². The first kappa shape index (κ1) is 15.5. The zero-order valence-corrected chi connectivity index (χ0v) is 14.3. The Morgan fingerprint density at radius 1 is 1.30 bits per heavy atom. The monoisotopic (exact) mass is 402 g/mol. The maximum atomic E-state index is 12.7. The molecular formula is C14H16Br2N2O2. The number of rotatable bonds is 3. The molecule has 6 heteroatoms. The average molecular weight is 404 g/mol. The fourth-order valence-electron chi connectivity index (χ4n) is 2.29. The van der Waals surface area contributed by atoms with E-state index in [0.29, 0.717) is 19.4 Å². The first-order valence-corrected chi connectivity index (χ1v) is 8.18. The van der Waals surface area contributed by atoms with Gasteiger partial charge in [0.15, 0.2) is 0 Å². The summed E-state index contributed by atoms with van der Waals surface area (Å²) >= 11 is 6.96. The van der Waals surface area contributed by atoms with Crippen LogP contribution < -0.4 is 10.2 Å². The SMILES string of the molecule is CCCC1NC(=O)CCN(c2c(Br)cccc2Br)C1=O. The predicted octanol–water partition coefficient (Wildman–Crippen LogP) is 3.23. The van der Waals surface area contributed by atoms with Crippen LogP contribution >= 0.6 is 31.9 Å². The quantitative estimate of drug-likeness (QED) is 0.842. The molecule has 108 valence electrons. The number of halogens is 2. The number of benzene rings is 1. The van der Waals surface area contributed by atoms with Gasteiger partial charge in [0.1, 0.15) is 6.04 Å². The van der Waals surface area contributed by atoms with Gasteiger partial charge < -0.3 is 10.2 Å². The number of hydrogen-bond donors (Lipinski definition) is 1. The fraction of sp³-hybridized carbons (Fsp3) is 0.429. The van der Waals surface area contributed by atoms with Gasteiger partial charge in [-0.1, -0.05) is 19.4 Å². The van der Waals surface area contributed by atoms with Gasteiger partial charge in [0.2, 0.25) is 11.8 Å². The van der Waals surface area contributed by atoms with E-state index in [1.54, 1.807) is 4.90 Å². The second-order valence-electron chi connectivity index (χ2n) is 4.72. The van der Waals surface area contributed by atoms with E-state index in [0.717, 1.165) is 21.1 Å². The van der Waals surface area contributed by atoms with Crippen molar-refractivity contribution >= 4 is 49.4 Å². The summed E-state index contributed by atoms with van der Waals surface area (Å²) in [5.41, 5.74) is 0.787. The van der Waals surface area contributed by atoms with Crippen LogP contribution in [0.2, 0.25) is 0 Å². The highest BCUT2D eigenvalue weighted by Crippen LogP contribution is 2.35. The highest BCUT2D eigenvalue weighted by Gasteiger charge is 2.31. The summed E-state index contributed by atoms with van der Waals surface area (Å²) in [6, 6.07) is 5.24. The summed E-state index contributed by atoms with van der Waals surface area (Å²) in [4.78, 5) is 26.1. The highest BCUT2D eigenvalue weighted by molar-refractivity contribution is 9.11. The van der Waals surface area contributed by atoms with Gasteiger partial charge in [-0.2, -0.15) is 0 Å². The van der Waals surface area contributed by atoms with Crippen molar-refractivity contribution in [2.24, 2.45) is 0 Å².